The molecule has 0 saturated heterocycles. The molecule has 15 heavy (non-hydrogen) atoms. The summed E-state index contributed by atoms with van der Waals surface area (Å²) in [5.74, 6) is 5.27. The number of halogens is 1. The van der Waals surface area contributed by atoms with Crippen molar-refractivity contribution in [2.75, 3.05) is 11.9 Å². The van der Waals surface area contributed by atoms with Crippen molar-refractivity contribution in [2.45, 2.75) is 0 Å². The van der Waals surface area contributed by atoms with Gasteiger partial charge >= 0.3 is 5.97 Å². The molecule has 0 amide bonds. The molecule has 0 aliphatic carbocycles. The van der Waals surface area contributed by atoms with Crippen molar-refractivity contribution >= 4 is 21.9 Å². The standard InChI is InChI=1S/C11H9BrO3/c12-6-2-4-9-3-1-5-10(7-9)15-8-11(13)14/h1,3,5,7H,6,8H2,(H,13,14). The van der Waals surface area contributed by atoms with Crippen molar-refractivity contribution in [3.8, 4) is 17.6 Å². The number of aliphatic carboxylic acids is 1. The van der Waals surface area contributed by atoms with E-state index in [1.165, 1.54) is 0 Å². The first-order chi connectivity index (χ1) is 7.22. The number of hydrogen-bond donors (Lipinski definition) is 1. The number of rotatable bonds is 3. The fraction of sp³-hybridized carbons (Fsp3) is 0.182. The molecule has 0 aromatic heterocycles. The van der Waals surface area contributed by atoms with Gasteiger partial charge in [-0.05, 0) is 18.2 Å². The summed E-state index contributed by atoms with van der Waals surface area (Å²) in [6.45, 7) is -0.338. The van der Waals surface area contributed by atoms with Crippen LogP contribution in [-0.4, -0.2) is 23.0 Å². The van der Waals surface area contributed by atoms with Crippen LogP contribution in [0.15, 0.2) is 24.3 Å². The van der Waals surface area contributed by atoms with Crippen LogP contribution in [0.5, 0.6) is 5.75 Å². The molecule has 0 aliphatic heterocycles. The van der Waals surface area contributed by atoms with E-state index < -0.39 is 5.97 Å². The molecule has 0 aliphatic rings. The highest BCUT2D eigenvalue weighted by molar-refractivity contribution is 9.09. The van der Waals surface area contributed by atoms with E-state index in [2.05, 4.69) is 27.8 Å². The first-order valence-electron chi connectivity index (χ1n) is 4.22. The monoisotopic (exact) mass is 268 g/mol. The van der Waals surface area contributed by atoms with E-state index >= 15 is 0 Å². The normalized spacial score (nSPS) is 8.87. The molecule has 3 nitrogen and oxygen atoms in total. The zero-order chi connectivity index (χ0) is 11.1. The highest BCUT2D eigenvalue weighted by atomic mass is 79.9. The van der Waals surface area contributed by atoms with Crippen LogP contribution in [-0.2, 0) is 4.79 Å². The molecule has 0 atom stereocenters. The summed E-state index contributed by atoms with van der Waals surface area (Å²) in [6, 6.07) is 7.01. The van der Waals surface area contributed by atoms with Crippen LogP contribution < -0.4 is 4.74 Å². The van der Waals surface area contributed by atoms with Gasteiger partial charge in [0.1, 0.15) is 5.75 Å². The lowest BCUT2D eigenvalue weighted by atomic mass is 10.2. The van der Waals surface area contributed by atoms with E-state index in [-0.39, 0.29) is 6.61 Å². The summed E-state index contributed by atoms with van der Waals surface area (Å²) in [5, 5.41) is 9.03. The number of ether oxygens (including phenoxy) is 1. The molecule has 1 rings (SSSR count). The molecule has 0 unspecified atom stereocenters. The molecule has 0 radical (unpaired) electrons. The molecule has 0 saturated carbocycles. The van der Waals surface area contributed by atoms with E-state index in [0.717, 1.165) is 5.56 Å². The summed E-state index contributed by atoms with van der Waals surface area (Å²) >= 11 is 3.19. The Morgan fingerprint density at radius 3 is 3.00 bits per heavy atom. The highest BCUT2D eigenvalue weighted by Crippen LogP contribution is 2.12. The number of benzene rings is 1. The Labute approximate surface area is 96.2 Å². The maximum atomic E-state index is 10.3. The molecule has 1 N–H and O–H groups in total. The predicted molar refractivity (Wildman–Crippen MR) is 60.2 cm³/mol. The number of carbonyl (C=O) groups is 1. The Morgan fingerprint density at radius 1 is 1.53 bits per heavy atom. The fourth-order valence-corrected chi connectivity index (χ4v) is 1.08. The average molecular weight is 269 g/mol. The Bertz CT molecular complexity index is 404. The SMILES string of the molecule is O=C(O)COc1cccc(C#CCBr)c1. The lowest BCUT2D eigenvalue weighted by Crippen LogP contribution is -2.09. The molecule has 78 valence electrons. The van der Waals surface area contributed by atoms with Gasteiger partial charge in [-0.25, -0.2) is 4.79 Å². The van der Waals surface area contributed by atoms with E-state index in [4.69, 9.17) is 9.84 Å². The fourth-order valence-electron chi connectivity index (χ4n) is 0.944. The van der Waals surface area contributed by atoms with Gasteiger partial charge in [0.15, 0.2) is 6.61 Å². The van der Waals surface area contributed by atoms with Crippen LogP contribution in [0.3, 0.4) is 0 Å². The maximum absolute atomic E-state index is 10.3. The zero-order valence-electron chi connectivity index (χ0n) is 7.87. The lowest BCUT2D eigenvalue weighted by Gasteiger charge is -2.02. The summed E-state index contributed by atoms with van der Waals surface area (Å²) < 4.78 is 5.01. The minimum atomic E-state index is -0.994. The quantitative estimate of drug-likeness (QED) is 0.673. The van der Waals surface area contributed by atoms with E-state index in [1.54, 1.807) is 18.2 Å². The lowest BCUT2D eigenvalue weighted by molar-refractivity contribution is -0.139. The van der Waals surface area contributed by atoms with E-state index in [1.807, 2.05) is 6.07 Å². The first-order valence-corrected chi connectivity index (χ1v) is 5.34. The maximum Gasteiger partial charge on any atom is 0.341 e. The van der Waals surface area contributed by atoms with Crippen molar-refractivity contribution in [1.29, 1.82) is 0 Å². The largest absolute Gasteiger partial charge is 0.482 e. The van der Waals surface area contributed by atoms with Crippen LogP contribution in [0.2, 0.25) is 0 Å². The Kier molecular flexibility index (Phi) is 4.72. The van der Waals surface area contributed by atoms with E-state index in [0.29, 0.717) is 11.1 Å². The number of carboxylic acid groups (broad SMARTS) is 1. The van der Waals surface area contributed by atoms with Gasteiger partial charge in [-0.15, -0.1) is 0 Å². The van der Waals surface area contributed by atoms with Gasteiger partial charge in [0, 0.05) is 5.56 Å². The van der Waals surface area contributed by atoms with Crippen molar-refractivity contribution < 1.29 is 14.6 Å². The smallest absolute Gasteiger partial charge is 0.341 e. The first kappa shape index (κ1) is 11.6. The van der Waals surface area contributed by atoms with Crippen molar-refractivity contribution in [1.82, 2.24) is 0 Å². The molecule has 4 heteroatoms. The van der Waals surface area contributed by atoms with Gasteiger partial charge in [0.2, 0.25) is 0 Å². The molecule has 0 heterocycles. The number of alkyl halides is 1. The third kappa shape index (κ3) is 4.52. The molecule has 1 aromatic rings. The number of carboxylic acids is 1. The molecule has 0 spiro atoms. The molecule has 0 fully saturated rings. The zero-order valence-corrected chi connectivity index (χ0v) is 9.45. The Hall–Kier alpha value is -1.47. The predicted octanol–water partition coefficient (Wildman–Crippen LogP) is 1.90. The summed E-state index contributed by atoms with van der Waals surface area (Å²) in [6.07, 6.45) is 0. The van der Waals surface area contributed by atoms with E-state index in [9.17, 15) is 4.79 Å². The Morgan fingerprint density at radius 2 is 2.33 bits per heavy atom. The summed E-state index contributed by atoms with van der Waals surface area (Å²) in [7, 11) is 0. The highest BCUT2D eigenvalue weighted by Gasteiger charge is 1.98. The minimum absolute atomic E-state index is 0.338. The van der Waals surface area contributed by atoms with Gasteiger partial charge < -0.3 is 9.84 Å². The third-order valence-electron chi connectivity index (χ3n) is 1.50. The van der Waals surface area contributed by atoms with Gasteiger partial charge in [-0.1, -0.05) is 33.8 Å². The van der Waals surface area contributed by atoms with Crippen molar-refractivity contribution in [3.63, 3.8) is 0 Å². The van der Waals surface area contributed by atoms with Crippen LogP contribution in [0.4, 0.5) is 0 Å². The van der Waals surface area contributed by atoms with Crippen LogP contribution in [0, 0.1) is 11.8 Å². The van der Waals surface area contributed by atoms with Crippen molar-refractivity contribution in [2.24, 2.45) is 0 Å². The third-order valence-corrected chi connectivity index (χ3v) is 1.78. The minimum Gasteiger partial charge on any atom is -0.482 e. The molecule has 0 bridgehead atoms. The topological polar surface area (TPSA) is 46.5 Å². The second kappa shape index (κ2) is 6.10. The van der Waals surface area contributed by atoms with Crippen molar-refractivity contribution in [3.05, 3.63) is 29.8 Å². The summed E-state index contributed by atoms with van der Waals surface area (Å²) in [4.78, 5) is 10.3. The van der Waals surface area contributed by atoms with Gasteiger partial charge in [-0.2, -0.15) is 0 Å². The van der Waals surface area contributed by atoms with Gasteiger partial charge in [0.25, 0.3) is 0 Å². The second-order valence-electron chi connectivity index (χ2n) is 2.65. The average Bonchev–Trinajstić information content (AvgIpc) is 2.24. The number of hydrogen-bond acceptors (Lipinski definition) is 2. The van der Waals surface area contributed by atoms with Gasteiger partial charge in [0.05, 0.1) is 5.33 Å². The molecular formula is C11H9BrO3. The second-order valence-corrected chi connectivity index (χ2v) is 3.21. The van der Waals surface area contributed by atoms with Crippen LogP contribution in [0.1, 0.15) is 5.56 Å². The Balaban J connectivity index is 2.69. The van der Waals surface area contributed by atoms with Crippen LogP contribution in [0.25, 0.3) is 0 Å². The molecule has 1 aromatic carbocycles. The van der Waals surface area contributed by atoms with Gasteiger partial charge in [-0.3, -0.25) is 0 Å². The molecular weight excluding hydrogens is 260 g/mol. The summed E-state index contributed by atoms with van der Waals surface area (Å²) in [5.41, 5.74) is 0.803. The van der Waals surface area contributed by atoms with Crippen LogP contribution >= 0.6 is 15.9 Å².